The van der Waals surface area contributed by atoms with Gasteiger partial charge in [-0.25, -0.2) is 4.99 Å². The van der Waals surface area contributed by atoms with E-state index in [0.717, 1.165) is 40.6 Å². The van der Waals surface area contributed by atoms with Gasteiger partial charge < -0.3 is 8.98 Å². The summed E-state index contributed by atoms with van der Waals surface area (Å²) in [6.07, 6.45) is 7.84. The van der Waals surface area contributed by atoms with E-state index in [1.807, 2.05) is 48.7 Å². The molecule has 0 saturated heterocycles. The van der Waals surface area contributed by atoms with Crippen molar-refractivity contribution >= 4 is 17.0 Å². The van der Waals surface area contributed by atoms with Crippen molar-refractivity contribution in [3.63, 3.8) is 0 Å². The lowest BCUT2D eigenvalue weighted by atomic mass is 10.2. The molecule has 0 radical (unpaired) electrons. The number of furan rings is 1. The van der Waals surface area contributed by atoms with E-state index in [1.165, 1.54) is 0 Å². The maximum Gasteiger partial charge on any atom is 0.190 e. The monoisotopic (exact) mass is 348 g/mol. The Kier molecular flexibility index (Phi) is 4.52. The normalized spacial score (nSPS) is 11.8. The Labute approximate surface area is 149 Å². The Morgan fingerprint density at radius 2 is 2.08 bits per heavy atom. The van der Waals surface area contributed by atoms with E-state index in [2.05, 4.69) is 19.9 Å². The van der Waals surface area contributed by atoms with Crippen LogP contribution < -0.4 is 4.80 Å². The molecule has 0 aromatic carbocycles. The molecule has 0 unspecified atom stereocenters. The minimum absolute atomic E-state index is 0.773. The fraction of sp³-hybridized carbons (Fsp3) is 0.105. The van der Waals surface area contributed by atoms with Gasteiger partial charge in [0.15, 0.2) is 10.6 Å². The van der Waals surface area contributed by atoms with Gasteiger partial charge in [0.25, 0.3) is 0 Å². The Morgan fingerprint density at radius 1 is 1.08 bits per heavy atom. The predicted octanol–water partition coefficient (Wildman–Crippen LogP) is 4.07. The minimum atomic E-state index is 0.773. The number of nitrogens with zero attached hydrogens (tertiary/aromatic N) is 4. The molecular weight excluding hydrogens is 332 g/mol. The first-order valence-corrected chi connectivity index (χ1v) is 8.85. The van der Waals surface area contributed by atoms with Gasteiger partial charge in [-0.2, -0.15) is 0 Å². The van der Waals surface area contributed by atoms with Crippen molar-refractivity contribution in [3.05, 3.63) is 83.2 Å². The van der Waals surface area contributed by atoms with Gasteiger partial charge in [-0.15, -0.1) is 11.3 Å². The van der Waals surface area contributed by atoms with Crippen molar-refractivity contribution in [1.29, 1.82) is 0 Å². The molecule has 0 N–H and O–H groups in total. The van der Waals surface area contributed by atoms with Crippen LogP contribution in [0.3, 0.4) is 0 Å². The number of hydrogen-bond donors (Lipinski definition) is 0. The first-order valence-electron chi connectivity index (χ1n) is 7.97. The van der Waals surface area contributed by atoms with Crippen LogP contribution in [-0.4, -0.2) is 14.5 Å². The van der Waals surface area contributed by atoms with E-state index >= 15 is 0 Å². The van der Waals surface area contributed by atoms with Crippen molar-refractivity contribution in [3.8, 4) is 11.5 Å². The fourth-order valence-electron chi connectivity index (χ4n) is 2.56. The zero-order chi connectivity index (χ0) is 16.9. The van der Waals surface area contributed by atoms with E-state index in [0.29, 0.717) is 0 Å². The summed E-state index contributed by atoms with van der Waals surface area (Å²) in [5.74, 6) is 0.838. The van der Waals surface area contributed by atoms with Crippen LogP contribution >= 0.6 is 11.3 Å². The summed E-state index contributed by atoms with van der Waals surface area (Å²) in [5.41, 5.74) is 2.91. The molecule has 4 heterocycles. The van der Waals surface area contributed by atoms with Crippen LogP contribution in [0.5, 0.6) is 0 Å². The molecule has 4 rings (SSSR count). The lowest BCUT2D eigenvalue weighted by Crippen LogP contribution is -2.17. The molecule has 0 bridgehead atoms. The number of aromatic nitrogens is 3. The highest BCUT2D eigenvalue weighted by Gasteiger charge is 2.11. The van der Waals surface area contributed by atoms with Crippen LogP contribution in [0.15, 0.2) is 82.1 Å². The van der Waals surface area contributed by atoms with E-state index in [9.17, 15) is 0 Å². The molecule has 0 aliphatic rings. The first kappa shape index (κ1) is 15.5. The third kappa shape index (κ3) is 3.59. The van der Waals surface area contributed by atoms with Crippen molar-refractivity contribution in [2.75, 3.05) is 0 Å². The molecule has 0 spiro atoms. The zero-order valence-electron chi connectivity index (χ0n) is 13.4. The van der Waals surface area contributed by atoms with Crippen LogP contribution in [0, 0.1) is 0 Å². The molecule has 124 valence electrons. The largest absolute Gasteiger partial charge is 0.463 e. The number of hydrogen-bond acceptors (Lipinski definition) is 5. The molecule has 25 heavy (non-hydrogen) atoms. The highest BCUT2D eigenvalue weighted by atomic mass is 32.1. The zero-order valence-corrected chi connectivity index (χ0v) is 14.3. The third-order valence-corrected chi connectivity index (χ3v) is 4.62. The van der Waals surface area contributed by atoms with Crippen LogP contribution in [0.4, 0.5) is 5.69 Å². The summed E-state index contributed by atoms with van der Waals surface area (Å²) in [5, 5.41) is 2.08. The van der Waals surface area contributed by atoms with Crippen molar-refractivity contribution in [2.24, 2.45) is 4.99 Å². The molecule has 0 amide bonds. The van der Waals surface area contributed by atoms with E-state index < -0.39 is 0 Å². The molecule has 6 heteroatoms. The number of thiazole rings is 1. The second kappa shape index (κ2) is 7.27. The lowest BCUT2D eigenvalue weighted by molar-refractivity contribution is 0.568. The van der Waals surface area contributed by atoms with Gasteiger partial charge in [-0.3, -0.25) is 9.97 Å². The minimum Gasteiger partial charge on any atom is -0.463 e. The van der Waals surface area contributed by atoms with Crippen LogP contribution in [0.1, 0.15) is 5.69 Å². The van der Waals surface area contributed by atoms with Crippen LogP contribution in [-0.2, 0) is 13.0 Å². The Hall–Kier alpha value is -2.99. The molecular formula is C19H16N4OS. The highest BCUT2D eigenvalue weighted by Crippen LogP contribution is 2.21. The van der Waals surface area contributed by atoms with Gasteiger partial charge in [-0.05, 0) is 36.4 Å². The second-order valence-corrected chi connectivity index (χ2v) is 6.26. The maximum atomic E-state index is 5.59. The smallest absolute Gasteiger partial charge is 0.190 e. The number of aryl methyl sites for hydroxylation is 1. The Balaban J connectivity index is 1.73. The first-order chi connectivity index (χ1) is 12.4. The topological polar surface area (TPSA) is 56.2 Å². The molecule has 4 aromatic heterocycles. The summed E-state index contributed by atoms with van der Waals surface area (Å²) >= 11 is 1.59. The molecule has 0 aliphatic heterocycles. The van der Waals surface area contributed by atoms with E-state index in [1.54, 1.807) is 30.0 Å². The van der Waals surface area contributed by atoms with Crippen LogP contribution in [0.25, 0.3) is 11.5 Å². The van der Waals surface area contributed by atoms with E-state index in [4.69, 9.17) is 9.41 Å². The lowest BCUT2D eigenvalue weighted by Gasteiger charge is -2.07. The van der Waals surface area contributed by atoms with E-state index in [-0.39, 0.29) is 0 Å². The molecule has 0 fully saturated rings. The average Bonchev–Trinajstić information content (AvgIpc) is 3.31. The average molecular weight is 348 g/mol. The van der Waals surface area contributed by atoms with Gasteiger partial charge in [-0.1, -0.05) is 6.07 Å². The van der Waals surface area contributed by atoms with Gasteiger partial charge in [0.05, 0.1) is 23.8 Å². The molecule has 0 atom stereocenters. The maximum absolute atomic E-state index is 5.59. The van der Waals surface area contributed by atoms with Gasteiger partial charge in [0, 0.05) is 36.4 Å². The van der Waals surface area contributed by atoms with Gasteiger partial charge >= 0.3 is 0 Å². The third-order valence-electron chi connectivity index (χ3n) is 3.76. The molecule has 4 aromatic rings. The van der Waals surface area contributed by atoms with Crippen LogP contribution in [0.2, 0.25) is 0 Å². The van der Waals surface area contributed by atoms with Crippen molar-refractivity contribution in [2.45, 2.75) is 13.0 Å². The summed E-state index contributed by atoms with van der Waals surface area (Å²) in [7, 11) is 0. The van der Waals surface area contributed by atoms with Crippen molar-refractivity contribution in [1.82, 2.24) is 14.5 Å². The van der Waals surface area contributed by atoms with Gasteiger partial charge in [0.2, 0.25) is 0 Å². The fourth-order valence-corrected chi connectivity index (χ4v) is 3.50. The summed E-state index contributed by atoms with van der Waals surface area (Å²) in [6, 6.07) is 13.7. The number of rotatable bonds is 5. The highest BCUT2D eigenvalue weighted by molar-refractivity contribution is 7.07. The molecule has 5 nitrogen and oxygen atoms in total. The predicted molar refractivity (Wildman–Crippen MR) is 97.4 cm³/mol. The number of pyridine rings is 2. The Bertz CT molecular complexity index is 989. The van der Waals surface area contributed by atoms with Gasteiger partial charge in [0.1, 0.15) is 0 Å². The molecule has 0 saturated carbocycles. The quantitative estimate of drug-likeness (QED) is 0.546. The standard InChI is InChI=1S/C19H16N4OS/c1-2-10-21-15(5-1)8-11-23-17(18-7-4-12-24-18)14-25-19(23)22-16-6-3-9-20-13-16/h1-7,9-10,12-14H,8,11H2. The Morgan fingerprint density at radius 3 is 2.84 bits per heavy atom. The van der Waals surface area contributed by atoms with Crippen molar-refractivity contribution < 1.29 is 4.42 Å². The summed E-state index contributed by atoms with van der Waals surface area (Å²) < 4.78 is 7.76. The summed E-state index contributed by atoms with van der Waals surface area (Å²) in [6.45, 7) is 0.773. The second-order valence-electron chi connectivity index (χ2n) is 5.43. The summed E-state index contributed by atoms with van der Waals surface area (Å²) in [4.78, 5) is 14.2. The molecule has 0 aliphatic carbocycles. The SMILES string of the molecule is c1ccc(CCn2c(-c3ccco3)csc2=Nc2cccnc2)nc1.